The van der Waals surface area contributed by atoms with Crippen LogP contribution in [0.25, 0.3) is 6.08 Å². The van der Waals surface area contributed by atoms with Crippen molar-refractivity contribution in [2.75, 3.05) is 6.61 Å². The number of hydrogen-bond acceptors (Lipinski definition) is 10. The Morgan fingerprint density at radius 3 is 2.41 bits per heavy atom. The van der Waals surface area contributed by atoms with Gasteiger partial charge in [-0.15, -0.1) is 0 Å². The maximum atomic E-state index is 14.1. The normalized spacial score (nSPS) is 14.8. The van der Waals surface area contributed by atoms with E-state index in [4.69, 9.17) is 9.73 Å². The number of hydrogen-bond donors (Lipinski definition) is 0. The summed E-state index contributed by atoms with van der Waals surface area (Å²) in [5, 5.41) is 12.5. The molecule has 0 saturated heterocycles. The molecule has 2 aromatic heterocycles. The van der Waals surface area contributed by atoms with Gasteiger partial charge in [-0.3, -0.25) is 19.5 Å². The summed E-state index contributed by atoms with van der Waals surface area (Å²) in [6.07, 6.45) is 2.91. The van der Waals surface area contributed by atoms with Crippen LogP contribution in [0.2, 0.25) is 0 Å². The van der Waals surface area contributed by atoms with Gasteiger partial charge in [0.25, 0.3) is 11.2 Å². The number of aromatic nitrogens is 3. The van der Waals surface area contributed by atoms with Gasteiger partial charge in [-0.05, 0) is 79.8 Å². The molecule has 0 N–H and O–H groups in total. The molecule has 5 rings (SSSR count). The molecular formula is C34H35N5O5S2. The molecular weight excluding hydrogens is 623 g/mol. The number of nitro groups is 1. The minimum absolute atomic E-state index is 0.118. The molecule has 0 spiro atoms. The highest BCUT2D eigenvalue weighted by Gasteiger charge is 2.34. The van der Waals surface area contributed by atoms with Crippen LogP contribution in [0.1, 0.15) is 80.6 Å². The Hall–Kier alpha value is -4.42. The Morgan fingerprint density at radius 2 is 1.80 bits per heavy atom. The van der Waals surface area contributed by atoms with Crippen LogP contribution in [-0.4, -0.2) is 32.0 Å². The first-order valence-electron chi connectivity index (χ1n) is 15.1. The van der Waals surface area contributed by atoms with E-state index < -0.39 is 16.9 Å². The molecule has 0 radical (unpaired) electrons. The average molecular weight is 658 g/mol. The number of aryl methyl sites for hydroxylation is 2. The summed E-state index contributed by atoms with van der Waals surface area (Å²) in [6.45, 7) is 11.8. The average Bonchev–Trinajstić information content (AvgIpc) is 3.30. The van der Waals surface area contributed by atoms with E-state index in [9.17, 15) is 19.7 Å². The van der Waals surface area contributed by atoms with Crippen LogP contribution >= 0.6 is 23.1 Å². The number of thiazole rings is 1. The van der Waals surface area contributed by atoms with Gasteiger partial charge >= 0.3 is 5.97 Å². The van der Waals surface area contributed by atoms with Crippen LogP contribution in [0.3, 0.4) is 0 Å². The van der Waals surface area contributed by atoms with Crippen LogP contribution < -0.4 is 14.9 Å². The third kappa shape index (κ3) is 6.87. The molecule has 1 aliphatic rings. The lowest BCUT2D eigenvalue weighted by Gasteiger charge is -2.26. The van der Waals surface area contributed by atoms with Crippen molar-refractivity contribution in [1.82, 2.24) is 14.5 Å². The fraction of sp³-hybridized carbons (Fsp3) is 0.324. The highest BCUT2D eigenvalue weighted by atomic mass is 32.2. The molecule has 0 fully saturated rings. The van der Waals surface area contributed by atoms with Gasteiger partial charge in [-0.2, -0.15) is 0 Å². The van der Waals surface area contributed by atoms with Gasteiger partial charge in [0.1, 0.15) is 0 Å². The molecule has 0 unspecified atom stereocenters. The number of allylic oxidation sites excluding steroid dienone is 1. The lowest BCUT2D eigenvalue weighted by molar-refractivity contribution is -0.387. The summed E-state index contributed by atoms with van der Waals surface area (Å²) >= 11 is 2.31. The Balaban J connectivity index is 1.65. The fourth-order valence-corrected chi connectivity index (χ4v) is 7.31. The summed E-state index contributed by atoms with van der Waals surface area (Å²) < 4.78 is 7.37. The van der Waals surface area contributed by atoms with E-state index in [1.165, 1.54) is 17.4 Å². The second-order valence-corrected chi connectivity index (χ2v) is 13.3. The molecule has 4 aromatic rings. The van der Waals surface area contributed by atoms with Crippen molar-refractivity contribution in [3.05, 3.63) is 118 Å². The van der Waals surface area contributed by atoms with Crippen LogP contribution in [0.4, 0.5) is 5.69 Å². The number of carbonyl (C=O) groups excluding carboxylic acids is 1. The van der Waals surface area contributed by atoms with Crippen molar-refractivity contribution in [1.29, 1.82) is 0 Å². The Bertz CT molecular complexity index is 2010. The zero-order valence-electron chi connectivity index (χ0n) is 26.6. The zero-order chi connectivity index (χ0) is 33.1. The molecule has 12 heteroatoms. The molecule has 2 aromatic carbocycles. The van der Waals surface area contributed by atoms with Gasteiger partial charge < -0.3 is 4.74 Å². The van der Waals surface area contributed by atoms with Gasteiger partial charge in [0.2, 0.25) is 0 Å². The number of carbonyl (C=O) groups is 1. The van der Waals surface area contributed by atoms with E-state index in [0.29, 0.717) is 48.6 Å². The first kappa shape index (κ1) is 33.0. The monoisotopic (exact) mass is 657 g/mol. The van der Waals surface area contributed by atoms with Gasteiger partial charge in [-0.25, -0.2) is 19.8 Å². The van der Waals surface area contributed by atoms with E-state index in [-0.39, 0.29) is 17.9 Å². The quantitative estimate of drug-likeness (QED) is 0.0857. The minimum atomic E-state index is -0.730. The predicted octanol–water partition coefficient (Wildman–Crippen LogP) is 6.17. The summed E-state index contributed by atoms with van der Waals surface area (Å²) in [6, 6.07) is 13.8. The smallest absolute Gasteiger partial charge is 0.338 e. The van der Waals surface area contributed by atoms with Gasteiger partial charge in [-0.1, -0.05) is 68.9 Å². The van der Waals surface area contributed by atoms with Gasteiger partial charge in [0.05, 0.1) is 38.3 Å². The van der Waals surface area contributed by atoms with Crippen LogP contribution in [0, 0.1) is 24.0 Å². The summed E-state index contributed by atoms with van der Waals surface area (Å²) in [4.78, 5) is 53.6. The largest absolute Gasteiger partial charge is 0.463 e. The summed E-state index contributed by atoms with van der Waals surface area (Å²) in [5.41, 5.74) is 4.42. The molecule has 0 bridgehead atoms. The van der Waals surface area contributed by atoms with Crippen molar-refractivity contribution >= 4 is 40.8 Å². The van der Waals surface area contributed by atoms with Gasteiger partial charge in [0, 0.05) is 17.5 Å². The molecule has 46 heavy (non-hydrogen) atoms. The van der Waals surface area contributed by atoms with Crippen molar-refractivity contribution < 1.29 is 14.5 Å². The van der Waals surface area contributed by atoms with Crippen molar-refractivity contribution in [2.24, 2.45) is 4.99 Å². The van der Waals surface area contributed by atoms with Crippen LogP contribution in [0.5, 0.6) is 0 Å². The van der Waals surface area contributed by atoms with E-state index in [0.717, 1.165) is 40.7 Å². The number of fused-ring (bicyclic) bond motifs is 1. The van der Waals surface area contributed by atoms with Gasteiger partial charge in [0.15, 0.2) is 9.96 Å². The Kier molecular flexibility index (Phi) is 9.97. The maximum Gasteiger partial charge on any atom is 0.338 e. The first-order chi connectivity index (χ1) is 22.0. The SMILES string of the molecule is CCCC1=C(C(=O)OCC)[C@H](c2ccc(C(C)C)cc2)n2c(s/c(=C/c3ccc(Sc4nc(C)cc(C)n4)c([N+](=O)[O-])c3)c2=O)=N1. The molecule has 10 nitrogen and oxygen atoms in total. The Morgan fingerprint density at radius 1 is 1.11 bits per heavy atom. The lowest BCUT2D eigenvalue weighted by Crippen LogP contribution is -2.40. The number of benzene rings is 2. The number of rotatable bonds is 10. The highest BCUT2D eigenvalue weighted by molar-refractivity contribution is 7.99. The van der Waals surface area contributed by atoms with Crippen molar-refractivity contribution in [3.8, 4) is 0 Å². The second-order valence-electron chi connectivity index (χ2n) is 11.3. The van der Waals surface area contributed by atoms with E-state index in [1.807, 2.05) is 51.1 Å². The summed E-state index contributed by atoms with van der Waals surface area (Å²) in [5.74, 6) is -0.188. The van der Waals surface area contributed by atoms with E-state index in [1.54, 1.807) is 29.7 Å². The van der Waals surface area contributed by atoms with E-state index >= 15 is 0 Å². The lowest BCUT2D eigenvalue weighted by atomic mass is 9.92. The second kappa shape index (κ2) is 13.9. The van der Waals surface area contributed by atoms with Crippen molar-refractivity contribution in [3.63, 3.8) is 0 Å². The molecule has 1 aliphatic heterocycles. The topological polar surface area (TPSA) is 130 Å². The molecule has 0 saturated carbocycles. The third-order valence-corrected chi connectivity index (χ3v) is 9.36. The van der Waals surface area contributed by atoms with Crippen LogP contribution in [-0.2, 0) is 9.53 Å². The minimum Gasteiger partial charge on any atom is -0.463 e. The number of esters is 1. The number of ether oxygens (including phenoxy) is 1. The zero-order valence-corrected chi connectivity index (χ0v) is 28.2. The predicted molar refractivity (Wildman–Crippen MR) is 179 cm³/mol. The standard InChI is InChI=1S/C34H35N5O5S2/c1-7-9-25-29(32(41)44-8-2)30(24-13-11-23(12-14-24)19(3)4)38-31(40)28(46-34(38)37-25)18-22-10-15-27(26(17-22)39(42)43)45-33-35-20(5)16-21(6)36-33/h10-19,30H,7-9H2,1-6H3/b28-18+/t30-/m0/s1. The molecule has 1 atom stereocenters. The van der Waals surface area contributed by atoms with Crippen LogP contribution in [0.15, 0.2) is 79.6 Å². The first-order valence-corrected chi connectivity index (χ1v) is 16.7. The molecule has 0 amide bonds. The molecule has 0 aliphatic carbocycles. The maximum absolute atomic E-state index is 14.1. The molecule has 3 heterocycles. The summed E-state index contributed by atoms with van der Waals surface area (Å²) in [7, 11) is 0. The highest BCUT2D eigenvalue weighted by Crippen LogP contribution is 2.35. The van der Waals surface area contributed by atoms with E-state index in [2.05, 4.69) is 23.8 Å². The number of nitrogens with zero attached hydrogens (tertiary/aromatic N) is 5. The third-order valence-electron chi connectivity index (χ3n) is 7.45. The fourth-order valence-electron chi connectivity index (χ4n) is 5.34. The molecule has 238 valence electrons. The van der Waals surface area contributed by atoms with Crippen molar-refractivity contribution in [2.45, 2.75) is 76.4 Å². The number of nitro benzene ring substituents is 1. The Labute approximate surface area is 274 Å².